The monoisotopic (exact) mass is 299 g/mol. The van der Waals surface area contributed by atoms with Gasteiger partial charge in [0.2, 0.25) is 0 Å². The molecule has 5 heteroatoms. The van der Waals surface area contributed by atoms with Crippen LogP contribution >= 0.6 is 24.0 Å². The number of fused-ring (bicyclic) bond motifs is 1. The number of nitrogens with zero attached hydrogens (tertiary/aromatic N) is 1. The van der Waals surface area contributed by atoms with Crippen LogP contribution in [0.1, 0.15) is 30.9 Å². The second-order valence-electron chi connectivity index (χ2n) is 4.45. The van der Waals surface area contributed by atoms with E-state index in [1.807, 2.05) is 30.3 Å². The molecule has 0 aliphatic heterocycles. The Balaban J connectivity index is 0.00000180. The highest BCUT2D eigenvalue weighted by Crippen LogP contribution is 2.27. The molecule has 0 unspecified atom stereocenters. The van der Waals surface area contributed by atoms with Crippen molar-refractivity contribution in [1.29, 1.82) is 0 Å². The van der Waals surface area contributed by atoms with Gasteiger partial charge in [0.15, 0.2) is 0 Å². The Hall–Kier alpha value is -0.870. The number of aromatic nitrogens is 1. The molecule has 0 fully saturated rings. The number of hydrogen-bond donors (Lipinski definition) is 2. The van der Waals surface area contributed by atoms with Crippen LogP contribution in [0, 0.1) is 0 Å². The van der Waals surface area contributed by atoms with Crippen LogP contribution in [0.3, 0.4) is 0 Å². The molecule has 104 valence electrons. The minimum absolute atomic E-state index is 0. The van der Waals surface area contributed by atoms with Crippen LogP contribution < -0.4 is 11.5 Å². The maximum absolute atomic E-state index is 6.20. The van der Waals surface area contributed by atoms with Crippen LogP contribution in [0.25, 0.3) is 10.9 Å². The van der Waals surface area contributed by atoms with Crippen LogP contribution in [-0.4, -0.2) is 11.5 Å². The Labute approximate surface area is 124 Å². The summed E-state index contributed by atoms with van der Waals surface area (Å²) in [6, 6.07) is 9.88. The van der Waals surface area contributed by atoms with E-state index in [-0.39, 0.29) is 18.4 Å². The smallest absolute Gasteiger partial charge is 0.134 e. The molecule has 0 bridgehead atoms. The molecule has 1 aromatic heterocycles. The summed E-state index contributed by atoms with van der Waals surface area (Å²) in [4.78, 5) is 4.39. The summed E-state index contributed by atoms with van der Waals surface area (Å²) in [5.74, 6) is 0. The van der Waals surface area contributed by atoms with E-state index in [2.05, 4.69) is 4.98 Å². The maximum atomic E-state index is 6.20. The van der Waals surface area contributed by atoms with Gasteiger partial charge in [-0.1, -0.05) is 36.2 Å². The number of nitrogens with two attached hydrogens (primary N) is 2. The number of halogens is 2. The van der Waals surface area contributed by atoms with Crippen molar-refractivity contribution >= 4 is 34.9 Å². The summed E-state index contributed by atoms with van der Waals surface area (Å²) in [5.41, 5.74) is 13.5. The average molecular weight is 300 g/mol. The van der Waals surface area contributed by atoms with Gasteiger partial charge < -0.3 is 11.5 Å². The van der Waals surface area contributed by atoms with Gasteiger partial charge >= 0.3 is 0 Å². The molecule has 0 saturated carbocycles. The molecule has 0 radical (unpaired) electrons. The van der Waals surface area contributed by atoms with Crippen LogP contribution in [0.4, 0.5) is 0 Å². The molecule has 4 N–H and O–H groups in total. The van der Waals surface area contributed by atoms with Crippen molar-refractivity contribution in [3.05, 3.63) is 41.0 Å². The van der Waals surface area contributed by atoms with Gasteiger partial charge in [-0.25, -0.2) is 4.98 Å². The molecule has 0 amide bonds. The van der Waals surface area contributed by atoms with Gasteiger partial charge in [0.1, 0.15) is 5.15 Å². The number of pyridine rings is 1. The fourth-order valence-corrected chi connectivity index (χ4v) is 2.32. The summed E-state index contributed by atoms with van der Waals surface area (Å²) in [6.45, 7) is 0.705. The largest absolute Gasteiger partial charge is 0.330 e. The third-order valence-electron chi connectivity index (χ3n) is 3.07. The maximum Gasteiger partial charge on any atom is 0.134 e. The topological polar surface area (TPSA) is 64.9 Å². The van der Waals surface area contributed by atoms with Gasteiger partial charge in [0.05, 0.1) is 5.52 Å². The molecule has 2 aromatic rings. The zero-order valence-electron chi connectivity index (χ0n) is 10.7. The number of hydrogen-bond acceptors (Lipinski definition) is 3. The summed E-state index contributed by atoms with van der Waals surface area (Å²) >= 11 is 6.20. The van der Waals surface area contributed by atoms with Crippen molar-refractivity contribution in [3.63, 3.8) is 0 Å². The van der Waals surface area contributed by atoms with Crippen LogP contribution in [0.15, 0.2) is 30.3 Å². The highest BCUT2D eigenvalue weighted by atomic mass is 35.5. The molecule has 2 rings (SSSR count). The minimum atomic E-state index is -0.0684. The first kappa shape index (κ1) is 16.2. The SMILES string of the molecule is Cl.NCCCC[C@@H](N)c1cc2ccccc2nc1Cl. The van der Waals surface area contributed by atoms with E-state index >= 15 is 0 Å². The summed E-state index contributed by atoms with van der Waals surface area (Å²) in [6.07, 6.45) is 2.89. The van der Waals surface area contributed by atoms with E-state index in [1.165, 1.54) is 0 Å². The number of benzene rings is 1. The fourth-order valence-electron chi connectivity index (χ4n) is 2.03. The zero-order chi connectivity index (χ0) is 13.0. The first-order valence-electron chi connectivity index (χ1n) is 6.23. The highest BCUT2D eigenvalue weighted by Gasteiger charge is 2.12. The van der Waals surface area contributed by atoms with Gasteiger partial charge in [0.25, 0.3) is 0 Å². The lowest BCUT2D eigenvalue weighted by Gasteiger charge is -2.13. The van der Waals surface area contributed by atoms with Gasteiger partial charge in [-0.05, 0) is 31.5 Å². The molecule has 0 aliphatic carbocycles. The number of unbranched alkanes of at least 4 members (excludes halogenated alkanes) is 1. The molecule has 1 atom stereocenters. The van der Waals surface area contributed by atoms with Crippen LogP contribution in [0.5, 0.6) is 0 Å². The van der Waals surface area contributed by atoms with Crippen molar-refractivity contribution in [2.75, 3.05) is 6.54 Å². The Kier molecular flexibility index (Phi) is 6.52. The van der Waals surface area contributed by atoms with Crippen molar-refractivity contribution in [1.82, 2.24) is 4.98 Å². The Morgan fingerprint density at radius 3 is 2.68 bits per heavy atom. The number of rotatable bonds is 5. The van der Waals surface area contributed by atoms with Crippen molar-refractivity contribution in [3.8, 4) is 0 Å². The van der Waals surface area contributed by atoms with E-state index in [1.54, 1.807) is 0 Å². The second-order valence-corrected chi connectivity index (χ2v) is 4.81. The van der Waals surface area contributed by atoms with Crippen molar-refractivity contribution < 1.29 is 0 Å². The minimum Gasteiger partial charge on any atom is -0.330 e. The summed E-state index contributed by atoms with van der Waals surface area (Å²) in [5, 5.41) is 1.58. The Morgan fingerprint density at radius 2 is 1.95 bits per heavy atom. The average Bonchev–Trinajstić information content (AvgIpc) is 2.38. The molecular weight excluding hydrogens is 281 g/mol. The molecule has 0 saturated heterocycles. The van der Waals surface area contributed by atoms with E-state index in [0.717, 1.165) is 35.7 Å². The van der Waals surface area contributed by atoms with Crippen LogP contribution in [-0.2, 0) is 0 Å². The van der Waals surface area contributed by atoms with Gasteiger partial charge in [-0.15, -0.1) is 12.4 Å². The van der Waals surface area contributed by atoms with E-state index in [0.29, 0.717) is 11.7 Å². The Bertz CT molecular complexity index is 531. The fraction of sp³-hybridized carbons (Fsp3) is 0.357. The van der Waals surface area contributed by atoms with Gasteiger partial charge in [-0.2, -0.15) is 0 Å². The lowest BCUT2D eigenvalue weighted by molar-refractivity contribution is 0.590. The molecule has 1 aromatic carbocycles. The molecule has 0 spiro atoms. The molecule has 1 heterocycles. The lowest BCUT2D eigenvalue weighted by Crippen LogP contribution is -2.12. The molecule has 19 heavy (non-hydrogen) atoms. The molecule has 3 nitrogen and oxygen atoms in total. The first-order chi connectivity index (χ1) is 8.72. The predicted octanol–water partition coefficient (Wildman–Crippen LogP) is 3.44. The second kappa shape index (κ2) is 7.65. The Morgan fingerprint density at radius 1 is 1.21 bits per heavy atom. The van der Waals surface area contributed by atoms with Crippen molar-refractivity contribution in [2.24, 2.45) is 11.5 Å². The van der Waals surface area contributed by atoms with E-state index < -0.39 is 0 Å². The zero-order valence-corrected chi connectivity index (χ0v) is 12.3. The lowest BCUT2D eigenvalue weighted by atomic mass is 10.0. The standard InChI is InChI=1S/C14H18ClN3.ClH/c15-14-11(12(17)6-3-4-8-16)9-10-5-1-2-7-13(10)18-14;/h1-2,5,7,9,12H,3-4,6,8,16-17H2;1H/t12-;/m1./s1. The first-order valence-corrected chi connectivity index (χ1v) is 6.61. The van der Waals surface area contributed by atoms with Crippen LogP contribution in [0.2, 0.25) is 5.15 Å². The highest BCUT2D eigenvalue weighted by molar-refractivity contribution is 6.30. The molecular formula is C14H19Cl2N3. The summed E-state index contributed by atoms with van der Waals surface area (Å²) < 4.78 is 0. The van der Waals surface area contributed by atoms with Crippen molar-refractivity contribution in [2.45, 2.75) is 25.3 Å². The third-order valence-corrected chi connectivity index (χ3v) is 3.38. The quantitative estimate of drug-likeness (QED) is 0.656. The van der Waals surface area contributed by atoms with E-state index in [9.17, 15) is 0 Å². The van der Waals surface area contributed by atoms with E-state index in [4.69, 9.17) is 23.1 Å². The molecule has 0 aliphatic rings. The van der Waals surface area contributed by atoms with Gasteiger partial charge in [0, 0.05) is 17.0 Å². The summed E-state index contributed by atoms with van der Waals surface area (Å²) in [7, 11) is 0. The predicted molar refractivity (Wildman–Crippen MR) is 83.8 cm³/mol. The normalized spacial score (nSPS) is 12.2. The third kappa shape index (κ3) is 4.05. The van der Waals surface area contributed by atoms with Gasteiger partial charge in [-0.3, -0.25) is 0 Å². The number of para-hydroxylation sites is 1.